The molecule has 0 fully saturated rings. The lowest BCUT2D eigenvalue weighted by Gasteiger charge is -2.15. The maximum absolute atomic E-state index is 12.3. The van der Waals surface area contributed by atoms with Gasteiger partial charge in [0, 0.05) is 5.69 Å². The third kappa shape index (κ3) is 3.22. The van der Waals surface area contributed by atoms with Crippen molar-refractivity contribution in [2.75, 3.05) is 11.1 Å². The Kier molecular flexibility index (Phi) is 4.58. The zero-order valence-corrected chi connectivity index (χ0v) is 14.3. The van der Waals surface area contributed by atoms with Crippen LogP contribution in [-0.2, 0) is 4.79 Å². The van der Waals surface area contributed by atoms with Gasteiger partial charge in [0.2, 0.25) is 5.91 Å². The van der Waals surface area contributed by atoms with Crippen LogP contribution in [0.4, 0.5) is 11.4 Å². The summed E-state index contributed by atoms with van der Waals surface area (Å²) in [5.41, 5.74) is 8.51. The Hall–Kier alpha value is -1.53. The molecule has 2 rings (SSSR count). The minimum absolute atomic E-state index is 0.171. The van der Waals surface area contributed by atoms with Crippen molar-refractivity contribution in [1.29, 1.82) is 0 Å². The number of rotatable bonds is 3. The van der Waals surface area contributed by atoms with Crippen LogP contribution in [0, 0.1) is 13.8 Å². The van der Waals surface area contributed by atoms with Crippen LogP contribution in [0.2, 0.25) is 5.02 Å². The number of aromatic nitrogens is 2. The smallest absolute Gasteiger partial charge is 0.248 e. The molecule has 0 saturated heterocycles. The van der Waals surface area contributed by atoms with E-state index in [2.05, 4.69) is 26.3 Å². The quantitative estimate of drug-likeness (QED) is 0.808. The molecular weight excluding hydrogens is 356 g/mol. The highest BCUT2D eigenvalue weighted by molar-refractivity contribution is 9.10. The Morgan fingerprint density at radius 1 is 1.48 bits per heavy atom. The van der Waals surface area contributed by atoms with Gasteiger partial charge >= 0.3 is 0 Å². The second-order valence-corrected chi connectivity index (χ2v) is 6.03. The molecule has 1 heterocycles. The molecule has 2 aromatic rings. The standard InChI is InChI=1S/C14H16BrClN4O/c1-7-13(15)8(2)20(19-7)9(3)14(21)18-10-4-5-11(16)12(17)6-10/h4-6,9H,17H2,1-3H3,(H,18,21). The first-order chi connectivity index (χ1) is 9.81. The molecule has 0 aliphatic rings. The Morgan fingerprint density at radius 3 is 2.67 bits per heavy atom. The molecule has 7 heteroatoms. The largest absolute Gasteiger partial charge is 0.397 e. The zero-order valence-electron chi connectivity index (χ0n) is 11.9. The number of halogens is 2. The van der Waals surface area contributed by atoms with Crippen molar-refractivity contribution in [3.63, 3.8) is 0 Å². The molecular formula is C14H16BrClN4O. The second kappa shape index (κ2) is 6.07. The molecule has 1 atom stereocenters. The minimum atomic E-state index is -0.438. The molecule has 0 aliphatic carbocycles. The number of carbonyl (C=O) groups excluding carboxylic acids is 1. The van der Waals surface area contributed by atoms with Crippen LogP contribution in [0.1, 0.15) is 24.4 Å². The van der Waals surface area contributed by atoms with Crippen molar-refractivity contribution >= 4 is 44.8 Å². The molecule has 0 bridgehead atoms. The van der Waals surface area contributed by atoms with Crippen molar-refractivity contribution < 1.29 is 4.79 Å². The SMILES string of the molecule is Cc1nn(C(C)C(=O)Nc2ccc(Cl)c(N)c2)c(C)c1Br. The van der Waals surface area contributed by atoms with E-state index in [1.807, 2.05) is 13.8 Å². The van der Waals surface area contributed by atoms with Crippen molar-refractivity contribution in [2.45, 2.75) is 26.8 Å². The van der Waals surface area contributed by atoms with Crippen molar-refractivity contribution in [3.8, 4) is 0 Å². The summed E-state index contributed by atoms with van der Waals surface area (Å²) in [6.07, 6.45) is 0. The summed E-state index contributed by atoms with van der Waals surface area (Å²) in [4.78, 5) is 12.3. The number of nitrogens with two attached hydrogens (primary N) is 1. The van der Waals surface area contributed by atoms with Crippen LogP contribution in [0.5, 0.6) is 0 Å². The number of nitrogen functional groups attached to an aromatic ring is 1. The molecule has 1 unspecified atom stereocenters. The highest BCUT2D eigenvalue weighted by Gasteiger charge is 2.20. The first kappa shape index (κ1) is 15.9. The third-order valence-electron chi connectivity index (χ3n) is 3.25. The van der Waals surface area contributed by atoms with E-state index in [0.717, 1.165) is 15.9 Å². The van der Waals surface area contributed by atoms with Crippen LogP contribution in [0.15, 0.2) is 22.7 Å². The van der Waals surface area contributed by atoms with Gasteiger partial charge in [0.15, 0.2) is 0 Å². The van der Waals surface area contributed by atoms with Gasteiger partial charge < -0.3 is 11.1 Å². The number of amides is 1. The lowest BCUT2D eigenvalue weighted by molar-refractivity contribution is -0.119. The number of carbonyl (C=O) groups is 1. The maximum atomic E-state index is 12.3. The van der Waals surface area contributed by atoms with Gasteiger partial charge in [-0.1, -0.05) is 11.6 Å². The summed E-state index contributed by atoms with van der Waals surface area (Å²) >= 11 is 9.32. The molecule has 21 heavy (non-hydrogen) atoms. The van der Waals surface area contributed by atoms with E-state index in [1.165, 1.54) is 0 Å². The zero-order chi connectivity index (χ0) is 15.7. The van der Waals surface area contributed by atoms with Gasteiger partial charge in [0.25, 0.3) is 0 Å². The normalized spacial score (nSPS) is 12.2. The fourth-order valence-corrected chi connectivity index (χ4v) is 2.38. The molecule has 0 saturated carbocycles. The van der Waals surface area contributed by atoms with E-state index in [4.69, 9.17) is 17.3 Å². The third-order valence-corrected chi connectivity index (χ3v) is 4.74. The fraction of sp³-hybridized carbons (Fsp3) is 0.286. The second-order valence-electron chi connectivity index (χ2n) is 4.83. The molecule has 112 valence electrons. The fourth-order valence-electron chi connectivity index (χ4n) is 2.00. The van der Waals surface area contributed by atoms with Gasteiger partial charge in [-0.2, -0.15) is 5.10 Å². The maximum Gasteiger partial charge on any atom is 0.248 e. The van der Waals surface area contributed by atoms with E-state index in [-0.39, 0.29) is 5.91 Å². The molecule has 0 aliphatic heterocycles. The summed E-state index contributed by atoms with van der Waals surface area (Å²) in [7, 11) is 0. The number of nitrogens with zero attached hydrogens (tertiary/aromatic N) is 2. The summed E-state index contributed by atoms with van der Waals surface area (Å²) in [5.74, 6) is -0.171. The van der Waals surface area contributed by atoms with Gasteiger partial charge in [0.05, 0.1) is 26.6 Å². The minimum Gasteiger partial charge on any atom is -0.397 e. The van der Waals surface area contributed by atoms with Crippen LogP contribution in [0.25, 0.3) is 0 Å². The monoisotopic (exact) mass is 370 g/mol. The van der Waals surface area contributed by atoms with Gasteiger partial charge in [-0.05, 0) is 54.9 Å². The average Bonchev–Trinajstić information content (AvgIpc) is 2.69. The topological polar surface area (TPSA) is 72.9 Å². The first-order valence-corrected chi connectivity index (χ1v) is 7.55. The van der Waals surface area contributed by atoms with Gasteiger partial charge in [-0.25, -0.2) is 0 Å². The van der Waals surface area contributed by atoms with Gasteiger partial charge in [-0.15, -0.1) is 0 Å². The van der Waals surface area contributed by atoms with Gasteiger partial charge in [0.1, 0.15) is 6.04 Å². The van der Waals surface area contributed by atoms with E-state index >= 15 is 0 Å². The van der Waals surface area contributed by atoms with Crippen LogP contribution < -0.4 is 11.1 Å². The lowest BCUT2D eigenvalue weighted by Crippen LogP contribution is -2.25. The molecule has 1 aromatic carbocycles. The van der Waals surface area contributed by atoms with E-state index in [9.17, 15) is 4.79 Å². The average molecular weight is 372 g/mol. The van der Waals surface area contributed by atoms with Crippen molar-refractivity contribution in [2.24, 2.45) is 0 Å². The summed E-state index contributed by atoms with van der Waals surface area (Å²) in [5, 5.41) is 7.64. The van der Waals surface area contributed by atoms with E-state index in [0.29, 0.717) is 16.4 Å². The Morgan fingerprint density at radius 2 is 2.14 bits per heavy atom. The number of benzene rings is 1. The van der Waals surface area contributed by atoms with Gasteiger partial charge in [-0.3, -0.25) is 9.48 Å². The molecule has 5 nitrogen and oxygen atoms in total. The highest BCUT2D eigenvalue weighted by Crippen LogP contribution is 2.25. The molecule has 0 spiro atoms. The van der Waals surface area contributed by atoms with Crippen LogP contribution in [0.3, 0.4) is 0 Å². The lowest BCUT2D eigenvalue weighted by atomic mass is 10.2. The Balaban J connectivity index is 2.19. The Labute approximate surface area is 136 Å². The highest BCUT2D eigenvalue weighted by atomic mass is 79.9. The molecule has 1 aromatic heterocycles. The van der Waals surface area contributed by atoms with E-state index < -0.39 is 6.04 Å². The predicted octanol–water partition coefficient (Wildman–Crippen LogP) is 3.70. The van der Waals surface area contributed by atoms with Crippen molar-refractivity contribution in [3.05, 3.63) is 39.1 Å². The number of nitrogens with one attached hydrogen (secondary N) is 1. The number of hydrogen-bond acceptors (Lipinski definition) is 3. The molecule has 3 N–H and O–H groups in total. The first-order valence-electron chi connectivity index (χ1n) is 6.38. The summed E-state index contributed by atoms with van der Waals surface area (Å²) in [6, 6.07) is 4.55. The van der Waals surface area contributed by atoms with Crippen LogP contribution >= 0.6 is 27.5 Å². The number of hydrogen-bond donors (Lipinski definition) is 2. The number of aryl methyl sites for hydroxylation is 1. The summed E-state index contributed by atoms with van der Waals surface area (Å²) < 4.78 is 2.60. The number of anilines is 2. The van der Waals surface area contributed by atoms with Crippen LogP contribution in [-0.4, -0.2) is 15.7 Å². The Bertz CT molecular complexity index is 699. The molecule has 1 amide bonds. The van der Waals surface area contributed by atoms with E-state index in [1.54, 1.807) is 29.8 Å². The summed E-state index contributed by atoms with van der Waals surface area (Å²) in [6.45, 7) is 5.59. The molecule has 0 radical (unpaired) electrons. The van der Waals surface area contributed by atoms with Crippen molar-refractivity contribution in [1.82, 2.24) is 9.78 Å². The predicted molar refractivity (Wildman–Crippen MR) is 88.6 cm³/mol.